The Balaban J connectivity index is 1.49. The molecule has 0 bridgehead atoms. The van der Waals surface area contributed by atoms with Gasteiger partial charge in [0.05, 0.1) is 5.71 Å². The van der Waals surface area contributed by atoms with E-state index in [0.29, 0.717) is 0 Å². The smallest absolute Gasteiger partial charge is 0.0721 e. The number of nitrogens with zero attached hydrogens (tertiary/aromatic N) is 2. The third kappa shape index (κ3) is 3.29. The Kier molecular flexibility index (Phi) is 4.48. The standard InChI is InChI=1S/C22H26N2/c1-17-11-14-24(15-12-17)16-18-6-8-20(9-7-18)22-21-5-3-2-4-19(21)10-13-23-22/h2-9,17H,10-16H2,1H3. The molecule has 4 rings (SSSR count). The Labute approximate surface area is 145 Å². The molecule has 2 aliphatic heterocycles. The van der Waals surface area contributed by atoms with Crippen LogP contribution in [0.3, 0.4) is 0 Å². The van der Waals surface area contributed by atoms with Gasteiger partial charge in [0.15, 0.2) is 0 Å². The van der Waals surface area contributed by atoms with E-state index in [4.69, 9.17) is 4.99 Å². The molecule has 2 heterocycles. The Bertz CT molecular complexity index is 722. The lowest BCUT2D eigenvalue weighted by Gasteiger charge is -2.30. The van der Waals surface area contributed by atoms with E-state index in [9.17, 15) is 0 Å². The first-order valence-electron chi connectivity index (χ1n) is 9.24. The van der Waals surface area contributed by atoms with Crippen LogP contribution in [0.15, 0.2) is 53.5 Å². The fourth-order valence-corrected chi connectivity index (χ4v) is 3.84. The van der Waals surface area contributed by atoms with Crippen molar-refractivity contribution in [2.24, 2.45) is 10.9 Å². The predicted octanol–water partition coefficient (Wildman–Crippen LogP) is 4.31. The summed E-state index contributed by atoms with van der Waals surface area (Å²) >= 11 is 0. The molecule has 0 saturated carbocycles. The molecule has 0 aromatic heterocycles. The molecule has 1 fully saturated rings. The van der Waals surface area contributed by atoms with Crippen LogP contribution >= 0.6 is 0 Å². The van der Waals surface area contributed by atoms with Crippen molar-refractivity contribution in [2.45, 2.75) is 32.7 Å². The second kappa shape index (κ2) is 6.90. The first kappa shape index (κ1) is 15.6. The number of benzene rings is 2. The van der Waals surface area contributed by atoms with Gasteiger partial charge in [-0.25, -0.2) is 0 Å². The molecule has 2 nitrogen and oxygen atoms in total. The molecular formula is C22H26N2. The van der Waals surface area contributed by atoms with E-state index >= 15 is 0 Å². The normalized spacial score (nSPS) is 19.0. The second-order valence-electron chi connectivity index (χ2n) is 7.29. The summed E-state index contributed by atoms with van der Waals surface area (Å²) in [6, 6.07) is 17.8. The van der Waals surface area contributed by atoms with Crippen LogP contribution in [-0.2, 0) is 13.0 Å². The van der Waals surface area contributed by atoms with Crippen molar-refractivity contribution in [2.75, 3.05) is 19.6 Å². The number of piperidine rings is 1. The van der Waals surface area contributed by atoms with E-state index in [1.54, 1.807) is 0 Å². The SMILES string of the molecule is CC1CCN(Cc2ccc(C3=NCCc4ccccc43)cc2)CC1. The summed E-state index contributed by atoms with van der Waals surface area (Å²) in [4.78, 5) is 7.39. The molecule has 2 aliphatic rings. The summed E-state index contributed by atoms with van der Waals surface area (Å²) in [5.74, 6) is 0.896. The minimum Gasteiger partial charge on any atom is -0.299 e. The molecule has 2 aromatic rings. The third-order valence-electron chi connectivity index (χ3n) is 5.43. The quantitative estimate of drug-likeness (QED) is 0.823. The van der Waals surface area contributed by atoms with Crippen LogP contribution < -0.4 is 0 Å². The first-order chi connectivity index (χ1) is 11.8. The fraction of sp³-hybridized carbons (Fsp3) is 0.409. The topological polar surface area (TPSA) is 15.6 Å². The zero-order chi connectivity index (χ0) is 16.4. The lowest BCUT2D eigenvalue weighted by atomic mass is 9.93. The lowest BCUT2D eigenvalue weighted by Crippen LogP contribution is -2.32. The lowest BCUT2D eigenvalue weighted by molar-refractivity contribution is 0.185. The molecule has 2 aromatic carbocycles. The summed E-state index contributed by atoms with van der Waals surface area (Å²) < 4.78 is 0. The van der Waals surface area contributed by atoms with Crippen LogP contribution in [0.5, 0.6) is 0 Å². The van der Waals surface area contributed by atoms with Gasteiger partial charge in [-0.15, -0.1) is 0 Å². The molecule has 24 heavy (non-hydrogen) atoms. The summed E-state index contributed by atoms with van der Waals surface area (Å²) in [6.07, 6.45) is 3.74. The first-order valence-corrected chi connectivity index (χ1v) is 9.24. The van der Waals surface area contributed by atoms with Crippen molar-refractivity contribution in [3.63, 3.8) is 0 Å². The average molecular weight is 318 g/mol. The molecule has 0 amide bonds. The van der Waals surface area contributed by atoms with Crippen LogP contribution in [-0.4, -0.2) is 30.2 Å². The maximum absolute atomic E-state index is 4.80. The van der Waals surface area contributed by atoms with Crippen LogP contribution in [0, 0.1) is 5.92 Å². The number of hydrogen-bond donors (Lipinski definition) is 0. The van der Waals surface area contributed by atoms with Crippen LogP contribution in [0.2, 0.25) is 0 Å². The van der Waals surface area contributed by atoms with Gasteiger partial charge in [0.25, 0.3) is 0 Å². The zero-order valence-electron chi connectivity index (χ0n) is 14.5. The summed E-state index contributed by atoms with van der Waals surface area (Å²) in [5.41, 5.74) is 6.56. The summed E-state index contributed by atoms with van der Waals surface area (Å²) in [7, 11) is 0. The van der Waals surface area contributed by atoms with Crippen LogP contribution in [0.1, 0.15) is 42.0 Å². The predicted molar refractivity (Wildman–Crippen MR) is 101 cm³/mol. The van der Waals surface area contributed by atoms with Gasteiger partial charge in [-0.3, -0.25) is 9.89 Å². The minimum absolute atomic E-state index is 0.896. The highest BCUT2D eigenvalue weighted by Gasteiger charge is 2.17. The molecule has 0 spiro atoms. The Morgan fingerprint density at radius 2 is 1.75 bits per heavy atom. The second-order valence-corrected chi connectivity index (χ2v) is 7.29. The number of aliphatic imine (C=N–C) groups is 1. The molecule has 0 N–H and O–H groups in total. The van der Waals surface area contributed by atoms with Crippen molar-refractivity contribution in [3.05, 3.63) is 70.8 Å². The Morgan fingerprint density at radius 1 is 1.00 bits per heavy atom. The summed E-state index contributed by atoms with van der Waals surface area (Å²) in [5, 5.41) is 0. The molecule has 0 unspecified atom stereocenters. The van der Waals surface area contributed by atoms with Crippen molar-refractivity contribution in [1.29, 1.82) is 0 Å². The van der Waals surface area contributed by atoms with E-state index in [0.717, 1.165) is 31.1 Å². The van der Waals surface area contributed by atoms with Gasteiger partial charge in [0, 0.05) is 24.2 Å². The highest BCUT2D eigenvalue weighted by Crippen LogP contribution is 2.22. The minimum atomic E-state index is 0.896. The van der Waals surface area contributed by atoms with E-state index in [-0.39, 0.29) is 0 Å². The number of hydrogen-bond acceptors (Lipinski definition) is 2. The Morgan fingerprint density at radius 3 is 2.54 bits per heavy atom. The molecule has 0 atom stereocenters. The zero-order valence-corrected chi connectivity index (χ0v) is 14.5. The number of rotatable bonds is 3. The molecule has 124 valence electrons. The Hall–Kier alpha value is -1.93. The maximum Gasteiger partial charge on any atom is 0.0721 e. The van der Waals surface area contributed by atoms with Crippen molar-refractivity contribution in [3.8, 4) is 0 Å². The summed E-state index contributed by atoms with van der Waals surface area (Å²) in [6.45, 7) is 6.83. The van der Waals surface area contributed by atoms with E-state index in [1.807, 2.05) is 0 Å². The average Bonchev–Trinajstić information content (AvgIpc) is 2.64. The molecule has 2 heteroatoms. The third-order valence-corrected chi connectivity index (χ3v) is 5.43. The van der Waals surface area contributed by atoms with Gasteiger partial charge in [-0.05, 0) is 49.4 Å². The van der Waals surface area contributed by atoms with E-state index in [2.05, 4.69) is 60.4 Å². The molecular weight excluding hydrogens is 292 g/mol. The van der Waals surface area contributed by atoms with Gasteiger partial charge >= 0.3 is 0 Å². The molecule has 1 saturated heterocycles. The highest BCUT2D eigenvalue weighted by molar-refractivity contribution is 6.14. The molecule has 0 aliphatic carbocycles. The maximum atomic E-state index is 4.80. The van der Waals surface area contributed by atoms with E-state index in [1.165, 1.54) is 48.2 Å². The molecule has 0 radical (unpaired) electrons. The number of fused-ring (bicyclic) bond motifs is 1. The highest BCUT2D eigenvalue weighted by atomic mass is 15.1. The van der Waals surface area contributed by atoms with Crippen molar-refractivity contribution < 1.29 is 0 Å². The number of likely N-dealkylation sites (tertiary alicyclic amines) is 1. The van der Waals surface area contributed by atoms with Crippen LogP contribution in [0.25, 0.3) is 0 Å². The van der Waals surface area contributed by atoms with Gasteiger partial charge in [0.1, 0.15) is 0 Å². The van der Waals surface area contributed by atoms with Gasteiger partial charge < -0.3 is 0 Å². The fourth-order valence-electron chi connectivity index (χ4n) is 3.84. The van der Waals surface area contributed by atoms with Gasteiger partial charge in [-0.1, -0.05) is 55.5 Å². The largest absolute Gasteiger partial charge is 0.299 e. The van der Waals surface area contributed by atoms with Gasteiger partial charge in [0.2, 0.25) is 0 Å². The van der Waals surface area contributed by atoms with Gasteiger partial charge in [-0.2, -0.15) is 0 Å². The monoisotopic (exact) mass is 318 g/mol. The van der Waals surface area contributed by atoms with Crippen molar-refractivity contribution in [1.82, 2.24) is 4.90 Å². The van der Waals surface area contributed by atoms with E-state index < -0.39 is 0 Å². The van der Waals surface area contributed by atoms with Crippen LogP contribution in [0.4, 0.5) is 0 Å². The van der Waals surface area contributed by atoms with Crippen molar-refractivity contribution >= 4 is 5.71 Å².